The SMILES string of the molecule is C[C@@H]1CN(CC(=O)N2CC(C)(C)c3ncc(Cc4ccc(F)cc4)cc32)[C@@H](CN2CC3CC2CO3)CN1. The Labute approximate surface area is 219 Å². The van der Waals surface area contributed by atoms with Crippen LogP contribution >= 0.6 is 0 Å². The number of morpholine rings is 1. The number of pyridine rings is 1. The summed E-state index contributed by atoms with van der Waals surface area (Å²) in [6.07, 6.45) is 4.08. The highest BCUT2D eigenvalue weighted by Gasteiger charge is 2.43. The molecule has 1 aromatic carbocycles. The topological polar surface area (TPSA) is 60.9 Å². The lowest BCUT2D eigenvalue weighted by Crippen LogP contribution is -2.61. The van der Waals surface area contributed by atoms with E-state index in [-0.39, 0.29) is 17.1 Å². The fourth-order valence-electron chi connectivity index (χ4n) is 6.57. The second-order valence-electron chi connectivity index (χ2n) is 12.1. The molecule has 4 atom stereocenters. The van der Waals surface area contributed by atoms with Crippen LogP contribution in [0, 0.1) is 5.82 Å². The lowest BCUT2D eigenvalue weighted by molar-refractivity contribution is -0.121. The zero-order valence-electron chi connectivity index (χ0n) is 22.1. The van der Waals surface area contributed by atoms with Crippen molar-refractivity contribution in [2.45, 2.75) is 63.3 Å². The molecule has 1 N–H and O–H groups in total. The van der Waals surface area contributed by atoms with Gasteiger partial charge in [-0.3, -0.25) is 19.6 Å². The molecule has 7 nitrogen and oxygen atoms in total. The van der Waals surface area contributed by atoms with E-state index in [0.717, 1.165) is 61.7 Å². The first-order valence-corrected chi connectivity index (χ1v) is 13.6. The van der Waals surface area contributed by atoms with Crippen LogP contribution in [0.15, 0.2) is 36.5 Å². The third kappa shape index (κ3) is 5.04. The Hall–Kier alpha value is -2.39. The van der Waals surface area contributed by atoms with Crippen molar-refractivity contribution in [3.63, 3.8) is 0 Å². The average Bonchev–Trinajstić information content (AvgIpc) is 3.55. The molecular weight excluding hydrogens is 469 g/mol. The van der Waals surface area contributed by atoms with E-state index in [4.69, 9.17) is 9.72 Å². The Morgan fingerprint density at radius 2 is 2.00 bits per heavy atom. The molecule has 0 radical (unpaired) electrons. The number of aromatic nitrogens is 1. The standard InChI is InChI=1S/C29H38FN5O2/c1-19-13-33(24(12-31-19)14-34-15-25-10-23(34)17-37-25)16-27(36)35-18-29(2,3)28-26(35)9-21(11-32-28)8-20-4-6-22(30)7-5-20/h4-7,9,11,19,23-25,31H,8,10,12-18H2,1-3H3/t19-,23?,24-,25?/m1/s1. The maximum Gasteiger partial charge on any atom is 0.241 e. The molecule has 6 rings (SSSR count). The molecule has 4 aliphatic heterocycles. The van der Waals surface area contributed by atoms with Crippen molar-refractivity contribution in [3.05, 3.63) is 59.2 Å². The highest BCUT2D eigenvalue weighted by atomic mass is 19.1. The van der Waals surface area contributed by atoms with Crippen LogP contribution in [0.3, 0.4) is 0 Å². The van der Waals surface area contributed by atoms with Crippen LogP contribution in [0.5, 0.6) is 0 Å². The smallest absolute Gasteiger partial charge is 0.241 e. The van der Waals surface area contributed by atoms with Gasteiger partial charge in [0.25, 0.3) is 0 Å². The minimum Gasteiger partial charge on any atom is -0.375 e. The lowest BCUT2D eigenvalue weighted by Gasteiger charge is -2.42. The average molecular weight is 508 g/mol. The van der Waals surface area contributed by atoms with E-state index in [1.54, 1.807) is 12.1 Å². The molecule has 0 spiro atoms. The number of ether oxygens (including phenoxy) is 1. The number of hydrogen-bond donors (Lipinski definition) is 1. The second-order valence-corrected chi connectivity index (χ2v) is 12.1. The second kappa shape index (κ2) is 9.73. The molecule has 2 aromatic rings. The fourth-order valence-corrected chi connectivity index (χ4v) is 6.57. The molecular formula is C29H38FN5O2. The molecule has 2 unspecified atom stereocenters. The van der Waals surface area contributed by atoms with Crippen molar-refractivity contribution in [3.8, 4) is 0 Å². The van der Waals surface area contributed by atoms with Gasteiger partial charge in [0.15, 0.2) is 0 Å². The number of hydrogen-bond acceptors (Lipinski definition) is 6. The number of nitrogens with zero attached hydrogens (tertiary/aromatic N) is 4. The summed E-state index contributed by atoms with van der Waals surface area (Å²) in [5.74, 6) is -0.0987. The quantitative estimate of drug-likeness (QED) is 0.649. The van der Waals surface area contributed by atoms with Crippen LogP contribution in [0.2, 0.25) is 0 Å². The Balaban J connectivity index is 1.19. The summed E-state index contributed by atoms with van der Waals surface area (Å²) in [5, 5.41) is 3.63. The lowest BCUT2D eigenvalue weighted by atomic mass is 9.91. The number of anilines is 1. The number of rotatable bonds is 6. The van der Waals surface area contributed by atoms with Gasteiger partial charge in [0.2, 0.25) is 5.91 Å². The normalized spacial score (nSPS) is 29.1. The van der Waals surface area contributed by atoms with Crippen molar-refractivity contribution < 1.29 is 13.9 Å². The van der Waals surface area contributed by atoms with Crippen molar-refractivity contribution in [2.75, 3.05) is 50.8 Å². The maximum atomic E-state index is 13.8. The molecule has 198 valence electrons. The number of likely N-dealkylation sites (tertiary alicyclic amines) is 1. The van der Waals surface area contributed by atoms with Gasteiger partial charge in [0.1, 0.15) is 5.82 Å². The van der Waals surface area contributed by atoms with Gasteiger partial charge < -0.3 is 15.0 Å². The monoisotopic (exact) mass is 507 g/mol. The third-order valence-corrected chi connectivity index (χ3v) is 8.56. The van der Waals surface area contributed by atoms with Crippen LogP contribution in [-0.2, 0) is 21.4 Å². The predicted molar refractivity (Wildman–Crippen MR) is 141 cm³/mol. The first kappa shape index (κ1) is 24.9. The molecule has 4 aliphatic rings. The number of amides is 1. The van der Waals surface area contributed by atoms with E-state index in [0.29, 0.717) is 43.7 Å². The largest absolute Gasteiger partial charge is 0.375 e. The Morgan fingerprint density at radius 3 is 2.73 bits per heavy atom. The Bertz CT molecular complexity index is 1160. The van der Waals surface area contributed by atoms with Crippen LogP contribution in [0.4, 0.5) is 10.1 Å². The van der Waals surface area contributed by atoms with Crippen molar-refractivity contribution >= 4 is 11.6 Å². The highest BCUT2D eigenvalue weighted by molar-refractivity contribution is 5.97. The summed E-state index contributed by atoms with van der Waals surface area (Å²) in [5.41, 5.74) is 3.74. The number of piperazine rings is 1. The molecule has 37 heavy (non-hydrogen) atoms. The Kier molecular flexibility index (Phi) is 6.55. The number of benzene rings is 1. The fraction of sp³-hybridized carbons (Fsp3) is 0.586. The summed E-state index contributed by atoms with van der Waals surface area (Å²) in [6.45, 7) is 12.1. The highest BCUT2D eigenvalue weighted by Crippen LogP contribution is 2.40. The van der Waals surface area contributed by atoms with Crippen molar-refractivity contribution in [1.82, 2.24) is 20.1 Å². The summed E-state index contributed by atoms with van der Waals surface area (Å²) in [6, 6.07) is 9.88. The molecule has 2 bridgehead atoms. The zero-order chi connectivity index (χ0) is 25.7. The third-order valence-electron chi connectivity index (χ3n) is 8.56. The molecule has 0 aliphatic carbocycles. The van der Waals surface area contributed by atoms with E-state index in [1.165, 1.54) is 12.1 Å². The van der Waals surface area contributed by atoms with E-state index >= 15 is 0 Å². The number of carbonyl (C=O) groups is 1. The predicted octanol–water partition coefficient (Wildman–Crippen LogP) is 2.57. The van der Waals surface area contributed by atoms with Crippen molar-refractivity contribution in [2.24, 2.45) is 0 Å². The van der Waals surface area contributed by atoms with Crippen LogP contribution in [-0.4, -0.2) is 90.8 Å². The van der Waals surface area contributed by atoms with Gasteiger partial charge in [-0.1, -0.05) is 26.0 Å². The summed E-state index contributed by atoms with van der Waals surface area (Å²) in [7, 11) is 0. The summed E-state index contributed by atoms with van der Waals surface area (Å²) in [4.78, 5) is 25.6. The maximum absolute atomic E-state index is 13.8. The molecule has 8 heteroatoms. The van der Waals surface area contributed by atoms with Crippen molar-refractivity contribution in [1.29, 1.82) is 0 Å². The number of fused-ring (bicyclic) bond motifs is 3. The molecule has 1 amide bonds. The van der Waals surface area contributed by atoms with Gasteiger partial charge in [0, 0.05) is 62.5 Å². The van der Waals surface area contributed by atoms with Gasteiger partial charge in [-0.25, -0.2) is 4.39 Å². The van der Waals surface area contributed by atoms with Crippen LogP contribution in [0.1, 0.15) is 44.0 Å². The van der Waals surface area contributed by atoms with E-state index in [9.17, 15) is 9.18 Å². The summed E-state index contributed by atoms with van der Waals surface area (Å²) >= 11 is 0. The van der Waals surface area contributed by atoms with Gasteiger partial charge in [-0.15, -0.1) is 0 Å². The number of nitrogens with one attached hydrogen (secondary N) is 1. The minimum atomic E-state index is -0.236. The van der Waals surface area contributed by atoms with E-state index in [2.05, 4.69) is 42.0 Å². The van der Waals surface area contributed by atoms with Gasteiger partial charge in [-0.05, 0) is 49.1 Å². The molecule has 3 fully saturated rings. The number of carbonyl (C=O) groups excluding carboxylic acids is 1. The minimum absolute atomic E-state index is 0.137. The first-order chi connectivity index (χ1) is 17.7. The zero-order valence-corrected chi connectivity index (χ0v) is 22.1. The molecule has 1 aromatic heterocycles. The van der Waals surface area contributed by atoms with Gasteiger partial charge in [-0.2, -0.15) is 0 Å². The molecule has 0 saturated carbocycles. The van der Waals surface area contributed by atoms with E-state index < -0.39 is 0 Å². The van der Waals surface area contributed by atoms with Crippen LogP contribution in [0.25, 0.3) is 0 Å². The first-order valence-electron chi connectivity index (χ1n) is 13.6. The van der Waals surface area contributed by atoms with E-state index in [1.807, 2.05) is 11.1 Å². The van der Waals surface area contributed by atoms with Crippen LogP contribution < -0.4 is 10.2 Å². The molecule has 5 heterocycles. The number of halogens is 1. The Morgan fingerprint density at radius 1 is 1.19 bits per heavy atom. The molecule has 3 saturated heterocycles. The van der Waals surface area contributed by atoms with Gasteiger partial charge in [0.05, 0.1) is 30.6 Å². The summed E-state index contributed by atoms with van der Waals surface area (Å²) < 4.78 is 19.2. The van der Waals surface area contributed by atoms with Gasteiger partial charge >= 0.3 is 0 Å².